The number of aliphatic hydroxyl groups excluding tert-OH is 1. The minimum absolute atomic E-state index is 0.333. The summed E-state index contributed by atoms with van der Waals surface area (Å²) in [5, 5.41) is 9.07. The lowest BCUT2D eigenvalue weighted by Crippen LogP contribution is -2.22. The van der Waals surface area contributed by atoms with Crippen molar-refractivity contribution in [1.82, 2.24) is 0 Å². The van der Waals surface area contributed by atoms with E-state index in [0.717, 1.165) is 6.42 Å². The summed E-state index contributed by atoms with van der Waals surface area (Å²) in [5.74, 6) is 0. The van der Waals surface area contributed by atoms with Crippen molar-refractivity contribution >= 4 is 10.1 Å². The van der Waals surface area contributed by atoms with Crippen molar-refractivity contribution in [2.24, 2.45) is 0 Å². The van der Waals surface area contributed by atoms with Gasteiger partial charge in [-0.2, -0.15) is 8.42 Å². The third-order valence-corrected chi connectivity index (χ3v) is 2.38. The van der Waals surface area contributed by atoms with Gasteiger partial charge in [0.15, 0.2) is 0 Å². The van der Waals surface area contributed by atoms with E-state index in [-0.39, 0.29) is 0 Å². The minimum Gasteiger partial charge on any atom is -0.372 e. The molecule has 12 heavy (non-hydrogen) atoms. The number of rotatable bonds is 4. The Bertz CT molecular complexity index is 253. The van der Waals surface area contributed by atoms with Crippen LogP contribution in [0.3, 0.4) is 0 Å². The standard InChI is InChI=1S/C7H14O4S/c1-3-5-6(4-2)7(8)12(9,10)11/h4,7-8H,3,5H2,1-2H3,(H,9,10,11). The number of aliphatic hydroxyl groups is 1. The maximum Gasteiger partial charge on any atom is 0.296 e. The average Bonchev–Trinajstić information content (AvgIpc) is 1.97. The second-order valence-electron chi connectivity index (χ2n) is 2.48. The second-order valence-corrected chi connectivity index (χ2v) is 3.96. The SMILES string of the molecule is CC=C(CCC)C(O)S(=O)(=O)O. The number of hydrogen-bond donors (Lipinski definition) is 2. The van der Waals surface area contributed by atoms with Crippen LogP contribution in [0.2, 0.25) is 0 Å². The van der Waals surface area contributed by atoms with Crippen LogP contribution in [0, 0.1) is 0 Å². The molecule has 0 saturated heterocycles. The van der Waals surface area contributed by atoms with E-state index < -0.39 is 15.6 Å². The molecule has 1 atom stereocenters. The summed E-state index contributed by atoms with van der Waals surface area (Å²) in [5.41, 5.74) is -1.43. The highest BCUT2D eigenvalue weighted by molar-refractivity contribution is 7.86. The van der Waals surface area contributed by atoms with Crippen LogP contribution in [0.4, 0.5) is 0 Å². The lowest BCUT2D eigenvalue weighted by atomic mass is 10.1. The monoisotopic (exact) mass is 194 g/mol. The molecule has 0 fully saturated rings. The predicted molar refractivity (Wildman–Crippen MR) is 46.2 cm³/mol. The van der Waals surface area contributed by atoms with Crippen molar-refractivity contribution in [3.05, 3.63) is 11.6 Å². The van der Waals surface area contributed by atoms with Crippen molar-refractivity contribution in [3.63, 3.8) is 0 Å². The summed E-state index contributed by atoms with van der Waals surface area (Å²) < 4.78 is 29.4. The Hall–Kier alpha value is -0.390. The van der Waals surface area contributed by atoms with E-state index in [1.54, 1.807) is 6.92 Å². The minimum atomic E-state index is -4.35. The molecule has 0 aliphatic heterocycles. The van der Waals surface area contributed by atoms with Crippen LogP contribution in [0.1, 0.15) is 26.7 Å². The van der Waals surface area contributed by atoms with E-state index in [1.807, 2.05) is 6.92 Å². The third kappa shape index (κ3) is 3.34. The van der Waals surface area contributed by atoms with Crippen molar-refractivity contribution in [2.45, 2.75) is 32.1 Å². The zero-order valence-corrected chi connectivity index (χ0v) is 8.00. The first-order valence-electron chi connectivity index (χ1n) is 3.73. The summed E-state index contributed by atoms with van der Waals surface area (Å²) in [6.07, 6.45) is 2.70. The van der Waals surface area contributed by atoms with Crippen LogP contribution < -0.4 is 0 Å². The molecule has 0 aliphatic rings. The molecule has 4 nitrogen and oxygen atoms in total. The van der Waals surface area contributed by atoms with Crippen LogP contribution in [0.5, 0.6) is 0 Å². The fraction of sp³-hybridized carbons (Fsp3) is 0.714. The molecule has 72 valence electrons. The topological polar surface area (TPSA) is 74.6 Å². The molecule has 0 radical (unpaired) electrons. The van der Waals surface area contributed by atoms with E-state index >= 15 is 0 Å². The molecule has 0 aromatic rings. The molecule has 2 N–H and O–H groups in total. The van der Waals surface area contributed by atoms with Crippen LogP contribution in [-0.2, 0) is 10.1 Å². The third-order valence-electron chi connectivity index (χ3n) is 1.51. The predicted octanol–water partition coefficient (Wildman–Crippen LogP) is 0.939. The van der Waals surface area contributed by atoms with Crippen LogP contribution in [-0.4, -0.2) is 23.5 Å². The number of allylic oxidation sites excluding steroid dienone is 1. The van der Waals surface area contributed by atoms with Gasteiger partial charge in [0.1, 0.15) is 0 Å². The zero-order chi connectivity index (χ0) is 9.78. The van der Waals surface area contributed by atoms with Gasteiger partial charge in [-0.1, -0.05) is 19.4 Å². The molecule has 0 bridgehead atoms. The van der Waals surface area contributed by atoms with E-state index in [4.69, 9.17) is 9.66 Å². The van der Waals surface area contributed by atoms with Gasteiger partial charge < -0.3 is 5.11 Å². The Morgan fingerprint density at radius 3 is 2.33 bits per heavy atom. The lowest BCUT2D eigenvalue weighted by molar-refractivity contribution is 0.260. The summed E-state index contributed by atoms with van der Waals surface area (Å²) >= 11 is 0. The Morgan fingerprint density at radius 2 is 2.08 bits per heavy atom. The molecule has 5 heteroatoms. The fourth-order valence-corrected chi connectivity index (χ4v) is 1.53. The quantitative estimate of drug-likeness (QED) is 0.516. The molecule has 1 unspecified atom stereocenters. The fourth-order valence-electron chi connectivity index (χ4n) is 0.890. The molecule has 0 heterocycles. The molecule has 0 amide bonds. The van der Waals surface area contributed by atoms with Gasteiger partial charge in [-0.3, -0.25) is 4.55 Å². The Balaban J connectivity index is 4.56. The van der Waals surface area contributed by atoms with E-state index in [9.17, 15) is 8.42 Å². The highest BCUT2D eigenvalue weighted by atomic mass is 32.2. The van der Waals surface area contributed by atoms with E-state index in [0.29, 0.717) is 12.0 Å². The van der Waals surface area contributed by atoms with Gasteiger partial charge >= 0.3 is 0 Å². The number of hydrogen-bond acceptors (Lipinski definition) is 3. The first kappa shape index (κ1) is 11.6. The molecule has 0 saturated carbocycles. The Labute approximate surface area is 72.7 Å². The van der Waals surface area contributed by atoms with Gasteiger partial charge in [0, 0.05) is 0 Å². The smallest absolute Gasteiger partial charge is 0.296 e. The molecular weight excluding hydrogens is 180 g/mol. The van der Waals surface area contributed by atoms with E-state index in [1.165, 1.54) is 6.08 Å². The normalized spacial score (nSPS) is 16.2. The highest BCUT2D eigenvalue weighted by Gasteiger charge is 2.22. The van der Waals surface area contributed by atoms with Crippen LogP contribution in [0.15, 0.2) is 11.6 Å². The maximum atomic E-state index is 10.5. The summed E-state index contributed by atoms with van der Waals surface area (Å²) in [6, 6.07) is 0. The van der Waals surface area contributed by atoms with Crippen molar-refractivity contribution < 1.29 is 18.1 Å². The summed E-state index contributed by atoms with van der Waals surface area (Å²) in [4.78, 5) is 0. The zero-order valence-electron chi connectivity index (χ0n) is 7.19. The highest BCUT2D eigenvalue weighted by Crippen LogP contribution is 2.13. The van der Waals surface area contributed by atoms with Gasteiger partial charge in [0.2, 0.25) is 5.44 Å². The first-order valence-corrected chi connectivity index (χ1v) is 5.23. The van der Waals surface area contributed by atoms with Gasteiger partial charge in [-0.25, -0.2) is 0 Å². The molecule has 0 aliphatic carbocycles. The van der Waals surface area contributed by atoms with Gasteiger partial charge in [-0.15, -0.1) is 0 Å². The maximum absolute atomic E-state index is 10.5. The first-order chi connectivity index (χ1) is 5.43. The molecule has 0 aromatic carbocycles. The lowest BCUT2D eigenvalue weighted by Gasteiger charge is -2.10. The molecule has 0 aromatic heterocycles. The Morgan fingerprint density at radius 1 is 1.58 bits per heavy atom. The van der Waals surface area contributed by atoms with Gasteiger partial charge in [-0.05, 0) is 18.9 Å². The second kappa shape index (κ2) is 4.59. The van der Waals surface area contributed by atoms with Gasteiger partial charge in [0.25, 0.3) is 10.1 Å². The summed E-state index contributed by atoms with van der Waals surface area (Å²) in [6.45, 7) is 3.49. The van der Waals surface area contributed by atoms with Crippen LogP contribution >= 0.6 is 0 Å². The van der Waals surface area contributed by atoms with Crippen molar-refractivity contribution in [2.75, 3.05) is 0 Å². The Kier molecular flexibility index (Phi) is 4.44. The van der Waals surface area contributed by atoms with Crippen molar-refractivity contribution in [1.29, 1.82) is 0 Å². The molecule has 0 spiro atoms. The van der Waals surface area contributed by atoms with Crippen molar-refractivity contribution in [3.8, 4) is 0 Å². The molecular formula is C7H14O4S. The average molecular weight is 194 g/mol. The summed E-state index contributed by atoms with van der Waals surface area (Å²) in [7, 11) is -4.35. The van der Waals surface area contributed by atoms with Gasteiger partial charge in [0.05, 0.1) is 0 Å². The van der Waals surface area contributed by atoms with Crippen LogP contribution in [0.25, 0.3) is 0 Å². The largest absolute Gasteiger partial charge is 0.372 e. The molecule has 0 rings (SSSR count). The van der Waals surface area contributed by atoms with E-state index in [2.05, 4.69) is 0 Å².